The Hall–Kier alpha value is -7.08. The molecule has 0 aliphatic heterocycles. The summed E-state index contributed by atoms with van der Waals surface area (Å²) in [6.07, 6.45) is 0. The number of benzene rings is 8. The Balaban J connectivity index is 1.16. The molecule has 8 aromatic carbocycles. The van der Waals surface area contributed by atoms with E-state index in [0.717, 1.165) is 71.1 Å². The number of para-hydroxylation sites is 2. The van der Waals surface area contributed by atoms with Gasteiger partial charge in [0.25, 0.3) is 0 Å². The monoisotopic (exact) mass is 719 g/mol. The lowest BCUT2D eigenvalue weighted by Gasteiger charge is -2.12. The zero-order valence-electron chi connectivity index (χ0n) is 29.4. The van der Waals surface area contributed by atoms with Gasteiger partial charge in [-0.3, -0.25) is 0 Å². The highest BCUT2D eigenvalue weighted by Crippen LogP contribution is 2.45. The zero-order valence-corrected chi connectivity index (χ0v) is 30.2. The van der Waals surface area contributed by atoms with Crippen LogP contribution in [0.4, 0.5) is 0 Å². The van der Waals surface area contributed by atoms with Crippen molar-refractivity contribution >= 4 is 86.2 Å². The largest absolute Gasteiger partial charge is 0.454 e. The van der Waals surface area contributed by atoms with Gasteiger partial charge in [0.05, 0.1) is 32.6 Å². The highest BCUT2D eigenvalue weighted by molar-refractivity contribution is 7.26. The van der Waals surface area contributed by atoms with Crippen molar-refractivity contribution in [2.24, 2.45) is 0 Å². The molecule has 5 heteroatoms. The molecule has 12 aromatic rings. The van der Waals surface area contributed by atoms with Gasteiger partial charge in [0, 0.05) is 42.8 Å². The Bertz CT molecular complexity index is 3490. The van der Waals surface area contributed by atoms with Crippen LogP contribution >= 0.6 is 11.3 Å². The maximum Gasteiger partial charge on any atom is 0.161 e. The number of hydrogen-bond donors (Lipinski definition) is 0. The smallest absolute Gasteiger partial charge is 0.161 e. The molecule has 256 valence electrons. The predicted molar refractivity (Wildman–Crippen MR) is 230 cm³/mol. The topological polar surface area (TPSA) is 43.9 Å². The van der Waals surface area contributed by atoms with Gasteiger partial charge in [-0.2, -0.15) is 0 Å². The van der Waals surface area contributed by atoms with E-state index < -0.39 is 0 Å². The third-order valence-corrected chi connectivity index (χ3v) is 12.2. The Kier molecular flexibility index (Phi) is 6.47. The van der Waals surface area contributed by atoms with Gasteiger partial charge in [-0.05, 0) is 52.2 Å². The minimum Gasteiger partial charge on any atom is -0.454 e. The molecule has 0 spiro atoms. The van der Waals surface area contributed by atoms with Gasteiger partial charge in [0.15, 0.2) is 11.4 Å². The number of hydrogen-bond acceptors (Lipinski definition) is 4. The summed E-state index contributed by atoms with van der Waals surface area (Å²) >= 11 is 1.75. The SMILES string of the molecule is c1ccc(-c2cc3c(c4ccccc24)c2ccccc2n3-c2cccc3c2oc2cccc(-c4nc(-c5ccccc5)c5sc6ccccc6c5n4)c23)cc1. The number of fused-ring (bicyclic) bond motifs is 11. The normalized spacial score (nSPS) is 12.0. The molecule has 4 nitrogen and oxygen atoms in total. The number of thiophene rings is 1. The first-order valence-electron chi connectivity index (χ1n) is 18.5. The van der Waals surface area contributed by atoms with E-state index in [9.17, 15) is 0 Å². The van der Waals surface area contributed by atoms with Crippen molar-refractivity contribution in [3.8, 4) is 39.5 Å². The van der Waals surface area contributed by atoms with Gasteiger partial charge in [-0.25, -0.2) is 9.97 Å². The van der Waals surface area contributed by atoms with Crippen LogP contribution in [0.3, 0.4) is 0 Å². The first kappa shape index (κ1) is 30.4. The van der Waals surface area contributed by atoms with Crippen molar-refractivity contribution in [3.63, 3.8) is 0 Å². The summed E-state index contributed by atoms with van der Waals surface area (Å²) in [6.45, 7) is 0. The van der Waals surface area contributed by atoms with Crippen molar-refractivity contribution in [2.45, 2.75) is 0 Å². The Morgan fingerprint density at radius 2 is 1.15 bits per heavy atom. The predicted octanol–water partition coefficient (Wildman–Crippen LogP) is 14.0. The Morgan fingerprint density at radius 1 is 0.473 bits per heavy atom. The van der Waals surface area contributed by atoms with Crippen molar-refractivity contribution in [1.82, 2.24) is 14.5 Å². The van der Waals surface area contributed by atoms with Crippen molar-refractivity contribution in [2.75, 3.05) is 0 Å². The molecule has 0 amide bonds. The van der Waals surface area contributed by atoms with Gasteiger partial charge < -0.3 is 8.98 Å². The Morgan fingerprint density at radius 3 is 1.98 bits per heavy atom. The van der Waals surface area contributed by atoms with Crippen LogP contribution in [0.2, 0.25) is 0 Å². The molecule has 0 aliphatic rings. The van der Waals surface area contributed by atoms with E-state index in [1.807, 2.05) is 6.07 Å². The van der Waals surface area contributed by atoms with E-state index in [1.165, 1.54) is 37.4 Å². The molecule has 12 rings (SSSR count). The van der Waals surface area contributed by atoms with E-state index in [-0.39, 0.29) is 0 Å². The van der Waals surface area contributed by atoms with Crippen LogP contribution < -0.4 is 0 Å². The number of aromatic nitrogens is 3. The summed E-state index contributed by atoms with van der Waals surface area (Å²) in [5.41, 5.74) is 11.2. The summed E-state index contributed by atoms with van der Waals surface area (Å²) in [7, 11) is 0. The fourth-order valence-corrected chi connectivity index (χ4v) is 9.80. The molecule has 0 atom stereocenters. The molecule has 0 saturated carbocycles. The lowest BCUT2D eigenvalue weighted by atomic mass is 9.95. The van der Waals surface area contributed by atoms with Gasteiger partial charge in [-0.1, -0.05) is 146 Å². The molecule has 0 bridgehead atoms. The molecular weight excluding hydrogens is 691 g/mol. The average Bonchev–Trinajstić information content (AvgIpc) is 3.93. The standard InChI is InChI=1S/C50H29N3OS/c1-3-15-30(16-4-1)38-29-41-44(33-20-8-7-19-32(33)38)34-21-9-11-25-39(34)53(41)40-26-13-23-36-45-37(24-14-27-42(45)54-48(36)40)50-51-46(31-17-5-2-6-18-31)49-47(52-50)35-22-10-12-28-43(35)55-49/h1-29H. The molecule has 0 saturated heterocycles. The third kappa shape index (κ3) is 4.45. The van der Waals surface area contributed by atoms with Crippen molar-refractivity contribution < 1.29 is 4.42 Å². The van der Waals surface area contributed by atoms with Crippen molar-refractivity contribution in [1.29, 1.82) is 0 Å². The van der Waals surface area contributed by atoms with Gasteiger partial charge in [0.1, 0.15) is 5.58 Å². The Labute approximate surface area is 319 Å². The van der Waals surface area contributed by atoms with Crippen molar-refractivity contribution in [3.05, 3.63) is 176 Å². The first-order chi connectivity index (χ1) is 27.3. The van der Waals surface area contributed by atoms with Gasteiger partial charge in [0.2, 0.25) is 0 Å². The highest BCUT2D eigenvalue weighted by atomic mass is 32.1. The molecule has 0 radical (unpaired) electrons. The lowest BCUT2D eigenvalue weighted by molar-refractivity contribution is 0.666. The minimum atomic E-state index is 0.685. The fourth-order valence-electron chi connectivity index (χ4n) is 8.64. The van der Waals surface area contributed by atoms with Crippen LogP contribution in [-0.2, 0) is 0 Å². The van der Waals surface area contributed by atoms with Gasteiger partial charge >= 0.3 is 0 Å². The molecule has 0 unspecified atom stereocenters. The number of nitrogens with zero attached hydrogens (tertiary/aromatic N) is 3. The zero-order chi connectivity index (χ0) is 36.0. The van der Waals surface area contributed by atoms with Crippen LogP contribution in [-0.4, -0.2) is 14.5 Å². The summed E-state index contributed by atoms with van der Waals surface area (Å²) in [6, 6.07) is 62.3. The van der Waals surface area contributed by atoms with Crippen LogP contribution in [0, 0.1) is 0 Å². The van der Waals surface area contributed by atoms with E-state index in [1.54, 1.807) is 11.3 Å². The van der Waals surface area contributed by atoms with E-state index in [0.29, 0.717) is 5.82 Å². The highest BCUT2D eigenvalue weighted by Gasteiger charge is 2.23. The van der Waals surface area contributed by atoms with Crippen LogP contribution in [0.1, 0.15) is 0 Å². The van der Waals surface area contributed by atoms with E-state index in [4.69, 9.17) is 14.4 Å². The summed E-state index contributed by atoms with van der Waals surface area (Å²) in [4.78, 5) is 10.7. The summed E-state index contributed by atoms with van der Waals surface area (Å²) < 4.78 is 11.6. The molecule has 0 N–H and O–H groups in total. The number of furan rings is 1. The summed E-state index contributed by atoms with van der Waals surface area (Å²) in [5.74, 6) is 0.685. The first-order valence-corrected chi connectivity index (χ1v) is 19.3. The second-order valence-corrected chi connectivity index (χ2v) is 15.1. The maximum absolute atomic E-state index is 6.95. The molecule has 4 aromatic heterocycles. The maximum atomic E-state index is 6.95. The molecule has 4 heterocycles. The third-order valence-electron chi connectivity index (χ3n) is 11.0. The van der Waals surface area contributed by atoms with Crippen LogP contribution in [0.15, 0.2) is 180 Å². The molecular formula is C50H29N3OS. The second kappa shape index (κ2) is 11.7. The van der Waals surface area contributed by atoms with Crippen LogP contribution in [0.5, 0.6) is 0 Å². The number of rotatable bonds is 4. The summed E-state index contributed by atoms with van der Waals surface area (Å²) in [5, 5.41) is 8.09. The molecule has 55 heavy (non-hydrogen) atoms. The molecule has 0 fully saturated rings. The van der Waals surface area contributed by atoms with E-state index in [2.05, 4.69) is 174 Å². The molecule has 0 aliphatic carbocycles. The average molecular weight is 720 g/mol. The second-order valence-electron chi connectivity index (χ2n) is 14.1. The minimum absolute atomic E-state index is 0.685. The lowest BCUT2D eigenvalue weighted by Crippen LogP contribution is -1.95. The van der Waals surface area contributed by atoms with E-state index >= 15 is 0 Å². The van der Waals surface area contributed by atoms with Crippen LogP contribution in [0.25, 0.3) is 114 Å². The quantitative estimate of drug-likeness (QED) is 0.182. The van der Waals surface area contributed by atoms with Gasteiger partial charge in [-0.15, -0.1) is 11.3 Å². The fraction of sp³-hybridized carbons (Fsp3) is 0.